The average Bonchev–Trinajstić information content (AvgIpc) is 2.89. The molecule has 3 rings (SSSR count). The third-order valence-corrected chi connectivity index (χ3v) is 5.16. The van der Waals surface area contributed by atoms with Crippen molar-refractivity contribution in [2.45, 2.75) is 25.2 Å². The Bertz CT molecular complexity index is 878. The molecule has 1 N–H and O–H groups in total. The van der Waals surface area contributed by atoms with Crippen LogP contribution in [0.5, 0.6) is 0 Å². The Kier molecular flexibility index (Phi) is 3.81. The molecular weight excluding hydrogens is 314 g/mol. The topological polar surface area (TPSA) is 79.4 Å². The first-order valence-electron chi connectivity index (χ1n) is 7.23. The Morgan fingerprint density at radius 2 is 2.04 bits per heavy atom. The van der Waals surface area contributed by atoms with Gasteiger partial charge in [-0.25, -0.2) is 8.42 Å². The lowest BCUT2D eigenvalue weighted by Gasteiger charge is -2.15. The van der Waals surface area contributed by atoms with E-state index in [2.05, 4.69) is 9.71 Å². The zero-order valence-corrected chi connectivity index (χ0v) is 13.7. The van der Waals surface area contributed by atoms with Crippen molar-refractivity contribution >= 4 is 27.3 Å². The predicted molar refractivity (Wildman–Crippen MR) is 88.0 cm³/mol. The Morgan fingerprint density at radius 1 is 1.26 bits per heavy atom. The summed E-state index contributed by atoms with van der Waals surface area (Å²) in [5.41, 5.74) is 2.87. The highest BCUT2D eigenvalue weighted by Gasteiger charge is 2.24. The molecule has 7 heteroatoms. The number of carbonyl (C=O) groups excluding carboxylic acids is 1. The number of nitrogens with one attached hydrogen (secondary N) is 1. The van der Waals surface area contributed by atoms with Crippen molar-refractivity contribution in [2.24, 2.45) is 0 Å². The second kappa shape index (κ2) is 5.66. The van der Waals surface area contributed by atoms with Crippen LogP contribution in [-0.2, 0) is 21.2 Å². The normalized spacial score (nSPS) is 13.7. The van der Waals surface area contributed by atoms with E-state index >= 15 is 0 Å². The molecule has 1 aromatic heterocycles. The van der Waals surface area contributed by atoms with Crippen molar-refractivity contribution in [3.63, 3.8) is 0 Å². The van der Waals surface area contributed by atoms with Gasteiger partial charge in [0.05, 0.1) is 10.6 Å². The van der Waals surface area contributed by atoms with Gasteiger partial charge < -0.3 is 4.90 Å². The highest BCUT2D eigenvalue weighted by molar-refractivity contribution is 7.92. The van der Waals surface area contributed by atoms with Crippen LogP contribution in [-0.4, -0.2) is 25.9 Å². The maximum absolute atomic E-state index is 12.5. The van der Waals surface area contributed by atoms with Gasteiger partial charge in [-0.1, -0.05) is 0 Å². The highest BCUT2D eigenvalue weighted by atomic mass is 32.2. The van der Waals surface area contributed by atoms with Crippen molar-refractivity contribution < 1.29 is 13.2 Å². The zero-order valence-electron chi connectivity index (χ0n) is 12.9. The Labute approximate surface area is 135 Å². The lowest BCUT2D eigenvalue weighted by molar-refractivity contribution is -0.116. The Balaban J connectivity index is 1.91. The van der Waals surface area contributed by atoms with Crippen molar-refractivity contribution in [3.05, 3.63) is 47.8 Å². The van der Waals surface area contributed by atoms with E-state index in [0.717, 1.165) is 16.9 Å². The standard InChI is InChI=1S/C16H17N3O3S/c1-11-9-14(5-7-17-11)18-23(21,22)15-3-4-16-13(10-15)6-8-19(16)12(2)20/h3-5,7,9-10H,6,8H2,1-2H3,(H,17,18). The summed E-state index contributed by atoms with van der Waals surface area (Å²) in [5, 5.41) is 0. The molecule has 2 aromatic rings. The number of benzene rings is 1. The molecule has 6 nitrogen and oxygen atoms in total. The van der Waals surface area contributed by atoms with Gasteiger partial charge in [0.2, 0.25) is 5.91 Å². The van der Waals surface area contributed by atoms with Crippen LogP contribution in [0.25, 0.3) is 0 Å². The van der Waals surface area contributed by atoms with Crippen LogP contribution in [0.2, 0.25) is 0 Å². The molecule has 0 atom stereocenters. The van der Waals surface area contributed by atoms with E-state index in [4.69, 9.17) is 0 Å². The number of pyridine rings is 1. The summed E-state index contributed by atoms with van der Waals surface area (Å²) >= 11 is 0. The fraction of sp³-hybridized carbons (Fsp3) is 0.250. The molecule has 0 aliphatic carbocycles. The maximum Gasteiger partial charge on any atom is 0.261 e. The molecule has 0 fully saturated rings. The highest BCUT2D eigenvalue weighted by Crippen LogP contribution is 2.30. The molecular formula is C16H17N3O3S. The Morgan fingerprint density at radius 3 is 2.74 bits per heavy atom. The number of fused-ring (bicyclic) bond motifs is 1. The smallest absolute Gasteiger partial charge is 0.261 e. The summed E-state index contributed by atoms with van der Waals surface area (Å²) in [6, 6.07) is 8.12. The second-order valence-corrected chi connectivity index (χ2v) is 7.18. The molecule has 0 radical (unpaired) electrons. The molecule has 1 aliphatic rings. The lowest BCUT2D eigenvalue weighted by atomic mass is 10.2. The van der Waals surface area contributed by atoms with Gasteiger partial charge in [0, 0.05) is 31.0 Å². The van der Waals surface area contributed by atoms with E-state index in [1.165, 1.54) is 13.0 Å². The predicted octanol–water partition coefficient (Wildman–Crippen LogP) is 2.10. The van der Waals surface area contributed by atoms with Gasteiger partial charge in [0.15, 0.2) is 0 Å². The van der Waals surface area contributed by atoms with Gasteiger partial charge in [-0.05, 0) is 49.2 Å². The van der Waals surface area contributed by atoms with Crippen molar-refractivity contribution in [1.29, 1.82) is 0 Å². The van der Waals surface area contributed by atoms with E-state index < -0.39 is 10.0 Å². The molecule has 1 amide bonds. The fourth-order valence-electron chi connectivity index (χ4n) is 2.70. The summed E-state index contributed by atoms with van der Waals surface area (Å²) < 4.78 is 27.6. The van der Waals surface area contributed by atoms with Crippen LogP contribution in [0.3, 0.4) is 0 Å². The summed E-state index contributed by atoms with van der Waals surface area (Å²) in [4.78, 5) is 17.4. The number of hydrogen-bond acceptors (Lipinski definition) is 4. The van der Waals surface area contributed by atoms with Crippen molar-refractivity contribution in [2.75, 3.05) is 16.2 Å². The molecule has 0 unspecified atom stereocenters. The van der Waals surface area contributed by atoms with E-state index in [1.807, 2.05) is 0 Å². The number of aryl methyl sites for hydroxylation is 1. The quantitative estimate of drug-likeness (QED) is 0.934. The third kappa shape index (κ3) is 3.05. The average molecular weight is 331 g/mol. The molecule has 0 bridgehead atoms. The number of amides is 1. The van der Waals surface area contributed by atoms with E-state index in [9.17, 15) is 13.2 Å². The number of carbonyl (C=O) groups is 1. The van der Waals surface area contributed by atoms with Crippen LogP contribution in [0, 0.1) is 6.92 Å². The summed E-state index contributed by atoms with van der Waals surface area (Å²) in [7, 11) is -3.67. The molecule has 1 aromatic carbocycles. The van der Waals surface area contributed by atoms with Gasteiger partial charge in [-0.15, -0.1) is 0 Å². The van der Waals surface area contributed by atoms with Gasteiger partial charge >= 0.3 is 0 Å². The van der Waals surface area contributed by atoms with Gasteiger partial charge in [0.25, 0.3) is 10.0 Å². The van der Waals surface area contributed by atoms with Crippen LogP contribution in [0.1, 0.15) is 18.2 Å². The molecule has 1 aliphatic heterocycles. The largest absolute Gasteiger partial charge is 0.312 e. The van der Waals surface area contributed by atoms with Gasteiger partial charge in [0.1, 0.15) is 0 Å². The van der Waals surface area contributed by atoms with Gasteiger partial charge in [-0.3, -0.25) is 14.5 Å². The Hall–Kier alpha value is -2.41. The van der Waals surface area contributed by atoms with Crippen molar-refractivity contribution in [1.82, 2.24) is 4.98 Å². The fourth-order valence-corrected chi connectivity index (χ4v) is 3.80. The molecule has 0 saturated heterocycles. The van der Waals surface area contributed by atoms with Gasteiger partial charge in [-0.2, -0.15) is 0 Å². The van der Waals surface area contributed by atoms with Crippen LogP contribution in [0.15, 0.2) is 41.4 Å². The van der Waals surface area contributed by atoms with Crippen molar-refractivity contribution in [3.8, 4) is 0 Å². The number of nitrogens with zero attached hydrogens (tertiary/aromatic N) is 2. The number of sulfonamides is 1. The SMILES string of the molecule is CC(=O)N1CCc2cc(S(=O)(=O)Nc3ccnc(C)c3)ccc21. The second-order valence-electron chi connectivity index (χ2n) is 5.50. The number of hydrogen-bond donors (Lipinski definition) is 1. The molecule has 0 saturated carbocycles. The molecule has 120 valence electrons. The minimum absolute atomic E-state index is 0.0373. The summed E-state index contributed by atoms with van der Waals surface area (Å²) in [6.45, 7) is 3.89. The molecule has 0 spiro atoms. The third-order valence-electron chi connectivity index (χ3n) is 3.79. The number of rotatable bonds is 3. The monoisotopic (exact) mass is 331 g/mol. The first kappa shape index (κ1) is 15.5. The molecule has 23 heavy (non-hydrogen) atoms. The van der Waals surface area contributed by atoms with E-state index in [1.54, 1.807) is 42.3 Å². The maximum atomic E-state index is 12.5. The van der Waals surface area contributed by atoms with E-state index in [0.29, 0.717) is 18.7 Å². The lowest BCUT2D eigenvalue weighted by Crippen LogP contribution is -2.25. The zero-order chi connectivity index (χ0) is 16.6. The molecule has 2 heterocycles. The van der Waals surface area contributed by atoms with Crippen LogP contribution < -0.4 is 9.62 Å². The van der Waals surface area contributed by atoms with E-state index in [-0.39, 0.29) is 10.8 Å². The summed E-state index contributed by atoms with van der Waals surface area (Å²) in [5.74, 6) is -0.0373. The minimum Gasteiger partial charge on any atom is -0.312 e. The minimum atomic E-state index is -3.67. The number of aromatic nitrogens is 1. The number of anilines is 2. The first-order chi connectivity index (χ1) is 10.9. The summed E-state index contributed by atoms with van der Waals surface area (Å²) in [6.07, 6.45) is 2.22. The first-order valence-corrected chi connectivity index (χ1v) is 8.72. The van der Waals surface area contributed by atoms with Crippen LogP contribution >= 0.6 is 0 Å². The van der Waals surface area contributed by atoms with Crippen LogP contribution in [0.4, 0.5) is 11.4 Å².